The predicted octanol–water partition coefficient (Wildman–Crippen LogP) is -3.31. The average Bonchev–Trinajstić information content (AvgIpc) is 2.61. The van der Waals surface area contributed by atoms with Crippen molar-refractivity contribution in [2.24, 2.45) is 17.4 Å². The Balaban J connectivity index is 5.22. The first-order chi connectivity index (χ1) is 13.3. The summed E-state index contributed by atoms with van der Waals surface area (Å²) in [6.45, 7) is 4.52. The van der Waals surface area contributed by atoms with Gasteiger partial charge in [0, 0.05) is 5.75 Å². The van der Waals surface area contributed by atoms with Crippen molar-refractivity contribution in [3.05, 3.63) is 0 Å². The molecule has 0 heterocycles. The van der Waals surface area contributed by atoms with Crippen LogP contribution in [-0.2, 0) is 24.0 Å². The number of carbonyl (C=O) groups is 5. The highest BCUT2D eigenvalue weighted by molar-refractivity contribution is 7.80. The highest BCUT2D eigenvalue weighted by Gasteiger charge is 2.32. The van der Waals surface area contributed by atoms with Gasteiger partial charge >= 0.3 is 5.97 Å². The molecule has 0 aromatic rings. The van der Waals surface area contributed by atoms with Gasteiger partial charge in [0.15, 0.2) is 0 Å². The normalized spacial score (nSPS) is 16.1. The molecule has 12 nitrogen and oxygen atoms in total. The minimum Gasteiger partial charge on any atom is -0.480 e. The molecule has 0 aliphatic heterocycles. The molecule has 0 fully saturated rings. The van der Waals surface area contributed by atoms with Gasteiger partial charge in [0.2, 0.25) is 23.6 Å². The monoisotopic (exact) mass is 435 g/mol. The largest absolute Gasteiger partial charge is 0.480 e. The molecule has 0 spiro atoms. The SMILES string of the molecule is CC(C)C(NC(=O)C(CS)NC(=O)C(N)C(C)O)C(=O)NC(CC(N)=O)C(=O)O. The van der Waals surface area contributed by atoms with Crippen LogP contribution < -0.4 is 27.4 Å². The van der Waals surface area contributed by atoms with Crippen molar-refractivity contribution in [3.8, 4) is 0 Å². The fourth-order valence-corrected chi connectivity index (χ4v) is 2.39. The van der Waals surface area contributed by atoms with Crippen LogP contribution in [-0.4, -0.2) is 75.8 Å². The number of nitrogens with one attached hydrogen (secondary N) is 3. The van der Waals surface area contributed by atoms with E-state index in [1.807, 2.05) is 0 Å². The van der Waals surface area contributed by atoms with Crippen molar-refractivity contribution >= 4 is 42.2 Å². The summed E-state index contributed by atoms with van der Waals surface area (Å²) in [6, 6.07) is -5.14. The first-order valence-electron chi connectivity index (χ1n) is 8.78. The maximum Gasteiger partial charge on any atom is 0.326 e. The van der Waals surface area contributed by atoms with Crippen LogP contribution in [0.25, 0.3) is 0 Å². The Morgan fingerprint density at radius 2 is 1.45 bits per heavy atom. The molecule has 5 unspecified atom stereocenters. The first kappa shape index (κ1) is 26.6. The second-order valence-electron chi connectivity index (χ2n) is 6.81. The maximum absolute atomic E-state index is 12.5. The number of aliphatic hydroxyl groups is 1. The standard InChI is InChI=1S/C16H29N5O7S/c1-6(2)12(15(26)19-8(16(27)28)4-10(17)23)21-13(24)9(5-29)20-14(25)11(18)7(3)22/h6-9,11-12,22,29H,4-5,18H2,1-3H3,(H2,17,23)(H,19,26)(H,20,25)(H,21,24)(H,27,28). The van der Waals surface area contributed by atoms with Crippen LogP contribution in [0.1, 0.15) is 27.2 Å². The third-order valence-corrected chi connectivity index (χ3v) is 4.27. The van der Waals surface area contributed by atoms with Crippen molar-refractivity contribution in [2.75, 3.05) is 5.75 Å². The fourth-order valence-electron chi connectivity index (χ4n) is 2.13. The zero-order valence-corrected chi connectivity index (χ0v) is 17.3. The van der Waals surface area contributed by atoms with E-state index in [0.29, 0.717) is 0 Å². The fraction of sp³-hybridized carbons (Fsp3) is 0.688. The Morgan fingerprint density at radius 1 is 0.931 bits per heavy atom. The van der Waals surface area contributed by atoms with Gasteiger partial charge in [0.05, 0.1) is 12.5 Å². The molecular weight excluding hydrogens is 406 g/mol. The lowest BCUT2D eigenvalue weighted by atomic mass is 10.0. The third kappa shape index (κ3) is 9.11. The van der Waals surface area contributed by atoms with Crippen LogP contribution >= 0.6 is 12.6 Å². The molecule has 166 valence electrons. The van der Waals surface area contributed by atoms with Crippen molar-refractivity contribution in [3.63, 3.8) is 0 Å². The van der Waals surface area contributed by atoms with Crippen LogP contribution in [0.2, 0.25) is 0 Å². The molecule has 0 radical (unpaired) electrons. The van der Waals surface area contributed by atoms with E-state index in [9.17, 15) is 29.1 Å². The summed E-state index contributed by atoms with van der Waals surface area (Å²) in [5, 5.41) is 25.3. The second-order valence-corrected chi connectivity index (χ2v) is 7.18. The molecule has 0 saturated carbocycles. The van der Waals surface area contributed by atoms with Gasteiger partial charge in [-0.15, -0.1) is 0 Å². The number of aliphatic hydroxyl groups excluding tert-OH is 1. The molecule has 0 bridgehead atoms. The van der Waals surface area contributed by atoms with E-state index >= 15 is 0 Å². The summed E-state index contributed by atoms with van der Waals surface area (Å²) in [6.07, 6.45) is -1.77. The Morgan fingerprint density at radius 3 is 1.83 bits per heavy atom. The van der Waals surface area contributed by atoms with E-state index < -0.39 is 72.2 Å². The molecule has 0 rings (SSSR count). The van der Waals surface area contributed by atoms with E-state index in [1.165, 1.54) is 6.92 Å². The topological polar surface area (TPSA) is 214 Å². The molecule has 9 N–H and O–H groups in total. The molecule has 0 aromatic heterocycles. The van der Waals surface area contributed by atoms with Crippen LogP contribution in [0.3, 0.4) is 0 Å². The Hall–Kier alpha value is -2.38. The molecule has 4 amide bonds. The van der Waals surface area contributed by atoms with Crippen molar-refractivity contribution < 1.29 is 34.2 Å². The number of thiol groups is 1. The summed E-state index contributed by atoms with van der Waals surface area (Å²) in [7, 11) is 0. The number of carbonyl (C=O) groups excluding carboxylic acids is 4. The zero-order chi connectivity index (χ0) is 22.9. The number of aliphatic carboxylic acids is 1. The highest BCUT2D eigenvalue weighted by atomic mass is 32.1. The molecule has 0 aliphatic rings. The number of carboxylic acid groups (broad SMARTS) is 1. The van der Waals surface area contributed by atoms with Crippen molar-refractivity contribution in [1.29, 1.82) is 0 Å². The van der Waals surface area contributed by atoms with Gasteiger partial charge in [-0.25, -0.2) is 4.79 Å². The van der Waals surface area contributed by atoms with Crippen molar-refractivity contribution in [1.82, 2.24) is 16.0 Å². The number of hydrogen-bond donors (Lipinski definition) is 8. The van der Waals surface area contributed by atoms with Gasteiger partial charge < -0.3 is 37.6 Å². The lowest BCUT2D eigenvalue weighted by molar-refractivity contribution is -0.144. The lowest BCUT2D eigenvalue weighted by Crippen LogP contribution is -2.59. The van der Waals surface area contributed by atoms with Crippen molar-refractivity contribution in [2.45, 2.75) is 57.5 Å². The number of amides is 4. The summed E-state index contributed by atoms with van der Waals surface area (Å²) in [5.41, 5.74) is 10.5. The lowest BCUT2D eigenvalue weighted by Gasteiger charge is -2.26. The smallest absolute Gasteiger partial charge is 0.326 e. The van der Waals surface area contributed by atoms with Gasteiger partial charge in [0.25, 0.3) is 0 Å². The van der Waals surface area contributed by atoms with Gasteiger partial charge in [-0.3, -0.25) is 19.2 Å². The molecule has 0 aromatic carbocycles. The van der Waals surface area contributed by atoms with Gasteiger partial charge in [-0.2, -0.15) is 12.6 Å². The van der Waals surface area contributed by atoms with E-state index in [1.54, 1.807) is 13.8 Å². The summed E-state index contributed by atoms with van der Waals surface area (Å²) in [5.74, 6) is -5.36. The number of rotatable bonds is 12. The van der Waals surface area contributed by atoms with E-state index in [2.05, 4.69) is 28.6 Å². The minimum absolute atomic E-state index is 0.129. The quantitative estimate of drug-likeness (QED) is 0.145. The van der Waals surface area contributed by atoms with Crippen LogP contribution in [0.5, 0.6) is 0 Å². The van der Waals surface area contributed by atoms with Crippen LogP contribution in [0.4, 0.5) is 0 Å². The second kappa shape index (κ2) is 12.2. The van der Waals surface area contributed by atoms with E-state index in [-0.39, 0.29) is 5.75 Å². The molecule has 5 atom stereocenters. The summed E-state index contributed by atoms with van der Waals surface area (Å²) >= 11 is 3.99. The maximum atomic E-state index is 12.5. The molecule has 29 heavy (non-hydrogen) atoms. The van der Waals surface area contributed by atoms with Crippen LogP contribution in [0.15, 0.2) is 0 Å². The predicted molar refractivity (Wildman–Crippen MR) is 106 cm³/mol. The molecule has 0 aliphatic carbocycles. The Bertz CT molecular complexity index is 629. The number of hydrogen-bond acceptors (Lipinski definition) is 8. The average molecular weight is 436 g/mol. The highest BCUT2D eigenvalue weighted by Crippen LogP contribution is 2.05. The third-order valence-electron chi connectivity index (χ3n) is 3.90. The summed E-state index contributed by atoms with van der Waals surface area (Å²) < 4.78 is 0. The first-order valence-corrected chi connectivity index (χ1v) is 9.41. The molecule has 0 saturated heterocycles. The Labute approximate surface area is 173 Å². The molecular formula is C16H29N5O7S. The number of primary amides is 1. The van der Waals surface area contributed by atoms with Gasteiger partial charge in [0.1, 0.15) is 24.2 Å². The van der Waals surface area contributed by atoms with E-state index in [0.717, 1.165) is 0 Å². The number of nitrogens with two attached hydrogens (primary N) is 2. The van der Waals surface area contributed by atoms with E-state index in [4.69, 9.17) is 16.6 Å². The van der Waals surface area contributed by atoms with Gasteiger partial charge in [-0.1, -0.05) is 13.8 Å². The minimum atomic E-state index is -1.55. The summed E-state index contributed by atoms with van der Waals surface area (Å²) in [4.78, 5) is 59.0. The number of carboxylic acids is 1. The zero-order valence-electron chi connectivity index (χ0n) is 16.4. The van der Waals surface area contributed by atoms with Gasteiger partial charge in [-0.05, 0) is 12.8 Å². The Kier molecular flexibility index (Phi) is 11.2. The molecule has 13 heteroatoms. The van der Waals surface area contributed by atoms with Crippen LogP contribution in [0, 0.1) is 5.92 Å².